The van der Waals surface area contributed by atoms with Gasteiger partial charge in [0.25, 0.3) is 10.1 Å². The van der Waals surface area contributed by atoms with Gasteiger partial charge in [0.2, 0.25) is 0 Å². The highest BCUT2D eigenvalue weighted by Crippen LogP contribution is 2.69. The smallest absolute Gasteiger partial charge is 0.264 e. The standard InChI is InChI=1S/C26H46O5S/c1-5-18-22-15-17(27)10-12-26(22,4)21-11-13-25(3)19(8-9-20(25)23(21)24(18)28)16(2)7-6-14-32(29,30)31/h16-24,27-28H,5-15H2,1-4H3,(H,29,30,31)/t16-,17-,18-,19-,20+,21+,22?,23?,24-,25?,26?/m1/s1. The van der Waals surface area contributed by atoms with Crippen molar-refractivity contribution in [2.45, 2.75) is 104 Å². The molecule has 6 heteroatoms. The zero-order chi connectivity index (χ0) is 23.5. The molecule has 0 bridgehead atoms. The summed E-state index contributed by atoms with van der Waals surface area (Å²) in [4.78, 5) is 0. The van der Waals surface area contributed by atoms with E-state index in [1.807, 2.05) is 0 Å². The van der Waals surface area contributed by atoms with Crippen LogP contribution in [0.15, 0.2) is 0 Å². The van der Waals surface area contributed by atoms with Gasteiger partial charge in [-0.05, 0) is 110 Å². The van der Waals surface area contributed by atoms with Crippen LogP contribution in [-0.2, 0) is 10.1 Å². The third-order valence-corrected chi connectivity index (χ3v) is 12.0. The Morgan fingerprint density at radius 3 is 2.28 bits per heavy atom. The van der Waals surface area contributed by atoms with Gasteiger partial charge in [-0.2, -0.15) is 8.42 Å². The maximum absolute atomic E-state index is 11.7. The molecule has 4 rings (SSSR count). The van der Waals surface area contributed by atoms with E-state index in [-0.39, 0.29) is 34.7 Å². The van der Waals surface area contributed by atoms with Crippen molar-refractivity contribution in [3.63, 3.8) is 0 Å². The van der Waals surface area contributed by atoms with Crippen molar-refractivity contribution in [3.05, 3.63) is 0 Å². The normalized spacial score (nSPS) is 49.7. The Morgan fingerprint density at radius 1 is 0.969 bits per heavy atom. The number of aliphatic hydroxyl groups is 2. The van der Waals surface area contributed by atoms with Crippen LogP contribution in [-0.4, -0.2) is 41.1 Å². The van der Waals surface area contributed by atoms with Gasteiger partial charge < -0.3 is 10.2 Å². The summed E-state index contributed by atoms with van der Waals surface area (Å²) in [6, 6.07) is 0. The average Bonchev–Trinajstić information content (AvgIpc) is 3.06. The number of fused-ring (bicyclic) bond motifs is 5. The summed E-state index contributed by atoms with van der Waals surface area (Å²) < 4.78 is 31.4. The molecule has 0 saturated heterocycles. The summed E-state index contributed by atoms with van der Waals surface area (Å²) in [6.07, 6.45) is 9.39. The molecule has 0 aromatic rings. The van der Waals surface area contributed by atoms with Crippen LogP contribution in [0.1, 0.15) is 91.9 Å². The predicted molar refractivity (Wildman–Crippen MR) is 127 cm³/mol. The lowest BCUT2D eigenvalue weighted by atomic mass is 9.41. The maximum Gasteiger partial charge on any atom is 0.264 e. The van der Waals surface area contributed by atoms with Gasteiger partial charge in [-0.25, -0.2) is 0 Å². The minimum atomic E-state index is -3.89. The molecule has 4 aliphatic rings. The fraction of sp³-hybridized carbons (Fsp3) is 1.00. The molecule has 0 heterocycles. The van der Waals surface area contributed by atoms with Gasteiger partial charge in [0.15, 0.2) is 0 Å². The molecule has 4 aliphatic carbocycles. The monoisotopic (exact) mass is 470 g/mol. The van der Waals surface area contributed by atoms with E-state index in [2.05, 4.69) is 27.7 Å². The van der Waals surface area contributed by atoms with E-state index in [1.165, 1.54) is 25.7 Å². The highest BCUT2D eigenvalue weighted by Gasteiger charge is 2.64. The van der Waals surface area contributed by atoms with Crippen LogP contribution in [0.3, 0.4) is 0 Å². The minimum Gasteiger partial charge on any atom is -0.393 e. The first kappa shape index (κ1) is 24.9. The van der Waals surface area contributed by atoms with Gasteiger partial charge >= 0.3 is 0 Å². The number of hydrogen-bond donors (Lipinski definition) is 3. The van der Waals surface area contributed by atoms with E-state index in [0.717, 1.165) is 32.1 Å². The molecule has 3 N–H and O–H groups in total. The molecule has 32 heavy (non-hydrogen) atoms. The molecule has 0 aromatic heterocycles. The predicted octanol–water partition coefficient (Wildman–Crippen LogP) is 4.92. The molecule has 0 aliphatic heterocycles. The molecule has 4 fully saturated rings. The quantitative estimate of drug-likeness (QED) is 0.479. The second kappa shape index (κ2) is 8.80. The number of rotatable bonds is 6. The molecule has 0 radical (unpaired) electrons. The lowest BCUT2D eigenvalue weighted by Crippen LogP contribution is -2.62. The third kappa shape index (κ3) is 4.09. The van der Waals surface area contributed by atoms with Crippen molar-refractivity contribution in [1.29, 1.82) is 0 Å². The van der Waals surface area contributed by atoms with Gasteiger partial charge in [0.05, 0.1) is 18.0 Å². The lowest BCUT2D eigenvalue weighted by molar-refractivity contribution is -0.203. The second-order valence-corrected chi connectivity index (χ2v) is 14.1. The third-order valence-electron chi connectivity index (χ3n) is 11.2. The van der Waals surface area contributed by atoms with Gasteiger partial charge in [-0.15, -0.1) is 0 Å². The SMILES string of the molecule is CC[C@@H]1C2C[C@H](O)CCC2(C)[C@H]2CCC3(C)[C@@H]([C@H](C)CCCS(=O)(=O)O)CC[C@H]3C2[C@@H]1O. The maximum atomic E-state index is 11.7. The summed E-state index contributed by atoms with van der Waals surface area (Å²) in [6.45, 7) is 9.41. The molecular weight excluding hydrogens is 424 g/mol. The van der Waals surface area contributed by atoms with Crippen LogP contribution < -0.4 is 0 Å². The van der Waals surface area contributed by atoms with Crippen LogP contribution in [0.2, 0.25) is 0 Å². The second-order valence-electron chi connectivity index (χ2n) is 12.5. The molecule has 186 valence electrons. The molecule has 0 spiro atoms. The Balaban J connectivity index is 1.56. The van der Waals surface area contributed by atoms with Crippen LogP contribution in [0, 0.1) is 52.3 Å². The fourth-order valence-electron chi connectivity index (χ4n) is 9.72. The van der Waals surface area contributed by atoms with E-state index in [1.54, 1.807) is 0 Å². The van der Waals surface area contributed by atoms with Crippen LogP contribution in [0.5, 0.6) is 0 Å². The molecule has 0 amide bonds. The summed E-state index contributed by atoms with van der Waals surface area (Å²) in [7, 11) is -3.89. The molecule has 5 nitrogen and oxygen atoms in total. The molecule has 0 aromatic carbocycles. The van der Waals surface area contributed by atoms with Crippen LogP contribution in [0.4, 0.5) is 0 Å². The molecular formula is C26H46O5S. The highest BCUT2D eigenvalue weighted by molar-refractivity contribution is 7.85. The van der Waals surface area contributed by atoms with Crippen molar-refractivity contribution in [3.8, 4) is 0 Å². The number of aliphatic hydroxyl groups excluding tert-OH is 2. The van der Waals surface area contributed by atoms with E-state index < -0.39 is 10.1 Å². The summed E-state index contributed by atoms with van der Waals surface area (Å²) in [5.74, 6) is 2.98. The van der Waals surface area contributed by atoms with E-state index in [9.17, 15) is 18.6 Å². The topological polar surface area (TPSA) is 94.8 Å². The lowest BCUT2D eigenvalue weighted by Gasteiger charge is -2.64. The Bertz CT molecular complexity index is 783. The van der Waals surface area contributed by atoms with Crippen molar-refractivity contribution in [2.75, 3.05) is 5.75 Å². The zero-order valence-corrected chi connectivity index (χ0v) is 21.4. The fourth-order valence-corrected chi connectivity index (χ4v) is 10.3. The first-order chi connectivity index (χ1) is 14.9. The van der Waals surface area contributed by atoms with Crippen LogP contribution in [0.25, 0.3) is 0 Å². The van der Waals surface area contributed by atoms with E-state index in [0.29, 0.717) is 41.9 Å². The molecule has 11 atom stereocenters. The largest absolute Gasteiger partial charge is 0.393 e. The Kier molecular flexibility index (Phi) is 6.86. The Labute approximate surface area is 195 Å². The number of hydrogen-bond acceptors (Lipinski definition) is 4. The summed E-state index contributed by atoms with van der Waals surface area (Å²) in [5.41, 5.74) is 0.430. The Morgan fingerprint density at radius 2 is 1.62 bits per heavy atom. The first-order valence-electron chi connectivity index (χ1n) is 13.2. The summed E-state index contributed by atoms with van der Waals surface area (Å²) in [5, 5.41) is 22.2. The van der Waals surface area contributed by atoms with Crippen LogP contribution >= 0.6 is 0 Å². The van der Waals surface area contributed by atoms with Gasteiger partial charge in [-0.1, -0.05) is 34.1 Å². The van der Waals surface area contributed by atoms with E-state index in [4.69, 9.17) is 4.55 Å². The molecule has 4 saturated carbocycles. The average molecular weight is 471 g/mol. The summed E-state index contributed by atoms with van der Waals surface area (Å²) >= 11 is 0. The highest BCUT2D eigenvalue weighted by atomic mass is 32.2. The molecule has 4 unspecified atom stereocenters. The van der Waals surface area contributed by atoms with Gasteiger partial charge in [0.1, 0.15) is 0 Å². The minimum absolute atomic E-state index is 0.141. The van der Waals surface area contributed by atoms with Crippen molar-refractivity contribution < 1.29 is 23.2 Å². The van der Waals surface area contributed by atoms with Crippen molar-refractivity contribution in [2.24, 2.45) is 52.3 Å². The van der Waals surface area contributed by atoms with E-state index >= 15 is 0 Å². The Hall–Kier alpha value is -0.170. The van der Waals surface area contributed by atoms with Crippen molar-refractivity contribution >= 4 is 10.1 Å². The van der Waals surface area contributed by atoms with Gasteiger partial charge in [-0.3, -0.25) is 4.55 Å². The zero-order valence-electron chi connectivity index (χ0n) is 20.5. The van der Waals surface area contributed by atoms with Gasteiger partial charge in [0, 0.05) is 0 Å². The first-order valence-corrected chi connectivity index (χ1v) is 14.8. The van der Waals surface area contributed by atoms with Crippen molar-refractivity contribution in [1.82, 2.24) is 0 Å².